The predicted molar refractivity (Wildman–Crippen MR) is 118 cm³/mol. The number of phenolic OH excluding ortho intramolecular Hbond substituents is 1. The molecule has 1 amide bonds. The molecular weight excluding hydrogens is 472 g/mol. The molecule has 0 unspecified atom stereocenters. The van der Waals surface area contributed by atoms with Crippen molar-refractivity contribution in [3.05, 3.63) is 58.1 Å². The number of esters is 1. The third-order valence-corrected chi connectivity index (χ3v) is 5.02. The Bertz CT molecular complexity index is 930. The maximum Gasteiger partial charge on any atom is 0.412 e. The molecule has 2 rings (SSSR count). The Balaban J connectivity index is 2.15. The first kappa shape index (κ1) is 23.6. The molecule has 0 aliphatic carbocycles. The molecule has 30 heavy (non-hydrogen) atoms. The zero-order chi connectivity index (χ0) is 22.1. The van der Waals surface area contributed by atoms with Gasteiger partial charge in [0.2, 0.25) is 0 Å². The standard InChI is InChI=1S/C21H21BrN2O5S/c1-13(8-9-28-19(26)12-30)20(17-10-15(22)4-7-18(17)25)29-21(27)24-16-5-2-14(11-23)3-6-16/h2-7,10,13,20,25,30H,8-9,12H2,1H3,(H,24,27)/t13-,20-/m0/s1. The van der Waals surface area contributed by atoms with Crippen LogP contribution in [0.5, 0.6) is 5.75 Å². The summed E-state index contributed by atoms with van der Waals surface area (Å²) in [7, 11) is 0. The van der Waals surface area contributed by atoms with Gasteiger partial charge < -0.3 is 14.6 Å². The Morgan fingerprint density at radius 2 is 1.97 bits per heavy atom. The third-order valence-electron chi connectivity index (χ3n) is 4.27. The Labute approximate surface area is 188 Å². The normalized spacial score (nSPS) is 12.3. The number of nitriles is 1. The van der Waals surface area contributed by atoms with Crippen LogP contribution in [-0.2, 0) is 14.3 Å². The highest BCUT2D eigenvalue weighted by Gasteiger charge is 2.27. The minimum Gasteiger partial charge on any atom is -0.508 e. The van der Waals surface area contributed by atoms with E-state index >= 15 is 0 Å². The summed E-state index contributed by atoms with van der Waals surface area (Å²) in [5.74, 6) is -0.752. The molecule has 0 saturated heterocycles. The van der Waals surface area contributed by atoms with Crippen LogP contribution in [-0.4, -0.2) is 29.5 Å². The summed E-state index contributed by atoms with van der Waals surface area (Å²) in [5, 5.41) is 21.8. The van der Waals surface area contributed by atoms with Gasteiger partial charge in [-0.15, -0.1) is 0 Å². The number of nitrogens with zero attached hydrogens (tertiary/aromatic N) is 1. The molecule has 2 atom stereocenters. The largest absolute Gasteiger partial charge is 0.508 e. The summed E-state index contributed by atoms with van der Waals surface area (Å²) in [4.78, 5) is 23.8. The number of nitrogens with one attached hydrogen (secondary N) is 1. The van der Waals surface area contributed by atoms with E-state index in [0.717, 1.165) is 0 Å². The summed E-state index contributed by atoms with van der Waals surface area (Å²) >= 11 is 7.22. The van der Waals surface area contributed by atoms with Gasteiger partial charge in [0.1, 0.15) is 11.9 Å². The quantitative estimate of drug-likeness (QED) is 0.360. The lowest BCUT2D eigenvalue weighted by molar-refractivity contribution is -0.141. The summed E-state index contributed by atoms with van der Waals surface area (Å²) in [6.45, 7) is 1.96. The first-order valence-corrected chi connectivity index (χ1v) is 10.5. The van der Waals surface area contributed by atoms with E-state index in [1.54, 1.807) is 36.4 Å². The van der Waals surface area contributed by atoms with Crippen molar-refractivity contribution in [3.63, 3.8) is 0 Å². The molecule has 7 nitrogen and oxygen atoms in total. The lowest BCUT2D eigenvalue weighted by Gasteiger charge is -2.25. The summed E-state index contributed by atoms with van der Waals surface area (Å²) < 4.78 is 11.4. The first-order chi connectivity index (χ1) is 14.3. The first-order valence-electron chi connectivity index (χ1n) is 9.06. The number of rotatable bonds is 8. The molecule has 0 aliphatic rings. The van der Waals surface area contributed by atoms with Gasteiger partial charge in [-0.25, -0.2) is 4.79 Å². The van der Waals surface area contributed by atoms with E-state index in [0.29, 0.717) is 27.7 Å². The van der Waals surface area contributed by atoms with Crippen LogP contribution in [0.2, 0.25) is 0 Å². The molecule has 9 heteroatoms. The number of ether oxygens (including phenoxy) is 2. The zero-order valence-corrected chi connectivity index (χ0v) is 18.7. The second kappa shape index (κ2) is 11.5. The van der Waals surface area contributed by atoms with Gasteiger partial charge in [-0.2, -0.15) is 17.9 Å². The van der Waals surface area contributed by atoms with E-state index in [4.69, 9.17) is 14.7 Å². The predicted octanol–water partition coefficient (Wildman–Crippen LogP) is 4.82. The fourth-order valence-corrected chi connectivity index (χ4v) is 3.16. The Morgan fingerprint density at radius 3 is 2.60 bits per heavy atom. The monoisotopic (exact) mass is 492 g/mol. The van der Waals surface area contributed by atoms with E-state index in [1.807, 2.05) is 13.0 Å². The summed E-state index contributed by atoms with van der Waals surface area (Å²) in [6.07, 6.45) is -1.11. The molecule has 0 fully saturated rings. The van der Waals surface area contributed by atoms with Crippen LogP contribution in [0.25, 0.3) is 0 Å². The van der Waals surface area contributed by atoms with Gasteiger partial charge in [0, 0.05) is 21.6 Å². The van der Waals surface area contributed by atoms with Crippen molar-refractivity contribution in [1.82, 2.24) is 0 Å². The van der Waals surface area contributed by atoms with Crippen LogP contribution in [0.1, 0.15) is 30.6 Å². The number of phenols is 1. The minimum absolute atomic E-state index is 0.0198. The van der Waals surface area contributed by atoms with E-state index in [2.05, 4.69) is 33.9 Å². The number of anilines is 1. The molecule has 2 aromatic rings. The SMILES string of the molecule is C[C@@H](CCOC(=O)CS)[C@H](OC(=O)Nc1ccc(C#N)cc1)c1cc(Br)ccc1O. The van der Waals surface area contributed by atoms with Gasteiger partial charge in [0.25, 0.3) is 0 Å². The van der Waals surface area contributed by atoms with Crippen LogP contribution >= 0.6 is 28.6 Å². The molecule has 2 aromatic carbocycles. The number of thiol groups is 1. The number of halogens is 1. The smallest absolute Gasteiger partial charge is 0.412 e. The van der Waals surface area contributed by atoms with Crippen molar-refractivity contribution >= 4 is 46.3 Å². The molecule has 0 bridgehead atoms. The van der Waals surface area contributed by atoms with E-state index in [9.17, 15) is 14.7 Å². The summed E-state index contributed by atoms with van der Waals surface area (Å²) in [5.41, 5.74) is 1.36. The van der Waals surface area contributed by atoms with Gasteiger partial charge in [-0.1, -0.05) is 22.9 Å². The number of hydrogen-bond acceptors (Lipinski definition) is 7. The average molecular weight is 493 g/mol. The number of carbonyl (C=O) groups is 2. The van der Waals surface area contributed by atoms with Crippen molar-refractivity contribution in [2.75, 3.05) is 17.7 Å². The maximum absolute atomic E-state index is 12.5. The van der Waals surface area contributed by atoms with Gasteiger partial charge in [-0.3, -0.25) is 10.1 Å². The Kier molecular flexibility index (Phi) is 9.02. The number of benzene rings is 2. The van der Waals surface area contributed by atoms with Crippen molar-refractivity contribution in [1.29, 1.82) is 5.26 Å². The van der Waals surface area contributed by atoms with Crippen LogP contribution in [0, 0.1) is 17.2 Å². The minimum atomic E-state index is -0.796. The van der Waals surface area contributed by atoms with Crippen LogP contribution < -0.4 is 5.32 Å². The van der Waals surface area contributed by atoms with E-state index < -0.39 is 18.2 Å². The fraction of sp³-hybridized carbons (Fsp3) is 0.286. The Morgan fingerprint density at radius 1 is 1.27 bits per heavy atom. The van der Waals surface area contributed by atoms with Crippen molar-refractivity contribution in [2.45, 2.75) is 19.4 Å². The molecule has 0 heterocycles. The van der Waals surface area contributed by atoms with Gasteiger partial charge in [-0.05, 0) is 48.9 Å². The van der Waals surface area contributed by atoms with Gasteiger partial charge in [0.05, 0.1) is 24.0 Å². The molecule has 0 saturated carbocycles. The van der Waals surface area contributed by atoms with E-state index in [-0.39, 0.29) is 24.0 Å². The van der Waals surface area contributed by atoms with Gasteiger partial charge >= 0.3 is 12.1 Å². The second-order valence-electron chi connectivity index (χ2n) is 6.49. The second-order valence-corrected chi connectivity index (χ2v) is 7.72. The topological polar surface area (TPSA) is 109 Å². The number of carbonyl (C=O) groups excluding carboxylic acids is 2. The molecule has 0 aromatic heterocycles. The molecule has 2 N–H and O–H groups in total. The highest BCUT2D eigenvalue weighted by atomic mass is 79.9. The number of hydrogen-bond donors (Lipinski definition) is 3. The molecule has 0 radical (unpaired) electrons. The molecule has 0 spiro atoms. The van der Waals surface area contributed by atoms with Crippen LogP contribution in [0.4, 0.5) is 10.5 Å². The highest BCUT2D eigenvalue weighted by Crippen LogP contribution is 2.36. The third kappa shape index (κ3) is 6.97. The maximum atomic E-state index is 12.5. The molecular formula is C21H21BrN2O5S. The summed E-state index contributed by atoms with van der Waals surface area (Å²) in [6, 6.07) is 13.2. The number of aromatic hydroxyl groups is 1. The average Bonchev–Trinajstić information content (AvgIpc) is 2.74. The molecule has 0 aliphatic heterocycles. The van der Waals surface area contributed by atoms with Crippen molar-refractivity contribution < 1.29 is 24.2 Å². The zero-order valence-electron chi connectivity index (χ0n) is 16.2. The van der Waals surface area contributed by atoms with Crippen molar-refractivity contribution in [3.8, 4) is 11.8 Å². The fourth-order valence-electron chi connectivity index (χ4n) is 2.69. The van der Waals surface area contributed by atoms with Crippen LogP contribution in [0.3, 0.4) is 0 Å². The number of amides is 1. The Hall–Kier alpha value is -2.70. The van der Waals surface area contributed by atoms with E-state index in [1.165, 1.54) is 6.07 Å². The highest BCUT2D eigenvalue weighted by molar-refractivity contribution is 9.10. The van der Waals surface area contributed by atoms with Crippen LogP contribution in [0.15, 0.2) is 46.9 Å². The molecule has 158 valence electrons. The van der Waals surface area contributed by atoms with Crippen molar-refractivity contribution in [2.24, 2.45) is 5.92 Å². The van der Waals surface area contributed by atoms with Gasteiger partial charge in [0.15, 0.2) is 0 Å². The lowest BCUT2D eigenvalue weighted by atomic mass is 9.94. The lowest BCUT2D eigenvalue weighted by Crippen LogP contribution is -2.23.